The summed E-state index contributed by atoms with van der Waals surface area (Å²) < 4.78 is 0. The maximum atomic E-state index is 11.2. The molecule has 0 unspecified atom stereocenters. The fourth-order valence-corrected chi connectivity index (χ4v) is 2.16. The minimum absolute atomic E-state index is 0.685. The van der Waals surface area contributed by atoms with Crippen LogP contribution in [-0.4, -0.2) is 21.0 Å². The molecule has 1 heterocycles. The second-order valence-corrected chi connectivity index (χ2v) is 4.78. The Morgan fingerprint density at radius 3 is 2.69 bits per heavy atom. The summed E-state index contributed by atoms with van der Waals surface area (Å²) in [6.07, 6.45) is 5.58. The molecule has 4 nitrogen and oxygen atoms in total. The lowest BCUT2D eigenvalue weighted by atomic mass is 9.82. The molecule has 1 aromatic heterocycles. The predicted molar refractivity (Wildman–Crippen MR) is 59.3 cm³/mol. The van der Waals surface area contributed by atoms with E-state index in [2.05, 4.69) is 9.97 Å². The molecule has 0 spiro atoms. The van der Waals surface area contributed by atoms with Crippen LogP contribution >= 0.6 is 0 Å². The van der Waals surface area contributed by atoms with Gasteiger partial charge in [0.15, 0.2) is 0 Å². The van der Waals surface area contributed by atoms with E-state index in [0.717, 1.165) is 36.9 Å². The number of aliphatic carboxylic acids is 1. The molecule has 0 aliphatic heterocycles. The van der Waals surface area contributed by atoms with E-state index in [1.807, 2.05) is 0 Å². The highest BCUT2D eigenvalue weighted by Gasteiger charge is 2.34. The first-order valence-electron chi connectivity index (χ1n) is 5.60. The molecule has 0 saturated carbocycles. The van der Waals surface area contributed by atoms with Crippen molar-refractivity contribution in [2.45, 2.75) is 44.9 Å². The maximum Gasteiger partial charge on any atom is 0.315 e. The van der Waals surface area contributed by atoms with Gasteiger partial charge in [-0.05, 0) is 45.1 Å². The van der Waals surface area contributed by atoms with Gasteiger partial charge in [0.2, 0.25) is 0 Å². The molecule has 0 aromatic carbocycles. The van der Waals surface area contributed by atoms with Gasteiger partial charge in [-0.2, -0.15) is 0 Å². The zero-order valence-corrected chi connectivity index (χ0v) is 9.66. The number of nitrogens with zero attached hydrogens (tertiary/aromatic N) is 2. The number of carboxylic acids is 1. The summed E-state index contributed by atoms with van der Waals surface area (Å²) in [5.41, 5.74) is 1.85. The summed E-state index contributed by atoms with van der Waals surface area (Å²) in [6.45, 7) is 3.40. The van der Waals surface area contributed by atoms with Crippen LogP contribution in [0.15, 0.2) is 6.33 Å². The molecule has 4 heteroatoms. The largest absolute Gasteiger partial charge is 0.481 e. The number of hydrogen-bond acceptors (Lipinski definition) is 3. The van der Waals surface area contributed by atoms with E-state index in [-0.39, 0.29) is 0 Å². The minimum atomic E-state index is -0.926. The lowest BCUT2D eigenvalue weighted by molar-refractivity contribution is -0.142. The molecule has 1 aliphatic rings. The lowest BCUT2D eigenvalue weighted by Gasteiger charge is -2.25. The Hall–Kier alpha value is -1.45. The molecule has 1 aromatic rings. The van der Waals surface area contributed by atoms with Crippen LogP contribution < -0.4 is 0 Å². The number of fused-ring (bicyclic) bond motifs is 1. The second kappa shape index (κ2) is 3.85. The number of carboxylic acid groups (broad SMARTS) is 1. The standard InChI is InChI=1S/C12H16N2O2/c1-12(2,11(15)16)10-8-5-3-4-6-9(8)13-7-14-10/h7H,3-6H2,1-2H3,(H,15,16). The molecule has 0 amide bonds. The Bertz CT molecular complexity index is 427. The van der Waals surface area contributed by atoms with Gasteiger partial charge in [0.1, 0.15) is 11.7 Å². The summed E-state index contributed by atoms with van der Waals surface area (Å²) >= 11 is 0. The van der Waals surface area contributed by atoms with Crippen molar-refractivity contribution < 1.29 is 9.90 Å². The summed E-state index contributed by atoms with van der Waals surface area (Å²) in [6, 6.07) is 0. The van der Waals surface area contributed by atoms with Crippen LogP contribution in [0.5, 0.6) is 0 Å². The third kappa shape index (κ3) is 1.68. The van der Waals surface area contributed by atoms with Gasteiger partial charge in [-0.15, -0.1) is 0 Å². The SMILES string of the molecule is CC(C)(C(=O)O)c1ncnc2c1CCCC2. The fourth-order valence-electron chi connectivity index (χ4n) is 2.16. The summed E-state index contributed by atoms with van der Waals surface area (Å²) in [5, 5.41) is 9.24. The van der Waals surface area contributed by atoms with Crippen molar-refractivity contribution in [3.05, 3.63) is 23.3 Å². The highest BCUT2D eigenvalue weighted by molar-refractivity contribution is 5.80. The molecule has 1 N–H and O–H groups in total. The summed E-state index contributed by atoms with van der Waals surface area (Å²) in [7, 11) is 0. The normalized spacial score (nSPS) is 15.6. The molecule has 1 aliphatic carbocycles. The molecular weight excluding hydrogens is 204 g/mol. The number of hydrogen-bond donors (Lipinski definition) is 1. The van der Waals surface area contributed by atoms with Crippen LogP contribution in [0.3, 0.4) is 0 Å². The Kier molecular flexibility index (Phi) is 2.66. The molecule has 16 heavy (non-hydrogen) atoms. The van der Waals surface area contributed by atoms with Gasteiger partial charge in [-0.1, -0.05) is 0 Å². The van der Waals surface area contributed by atoms with Gasteiger partial charge in [0.05, 0.1) is 5.69 Å². The van der Waals surface area contributed by atoms with Gasteiger partial charge in [-0.3, -0.25) is 4.79 Å². The van der Waals surface area contributed by atoms with Crippen molar-refractivity contribution in [3.8, 4) is 0 Å². The van der Waals surface area contributed by atoms with Gasteiger partial charge in [0, 0.05) is 5.69 Å². The molecule has 0 atom stereocenters. The van der Waals surface area contributed by atoms with E-state index < -0.39 is 11.4 Å². The molecule has 0 fully saturated rings. The second-order valence-electron chi connectivity index (χ2n) is 4.78. The average Bonchev–Trinajstić information content (AvgIpc) is 2.28. The third-order valence-corrected chi connectivity index (χ3v) is 3.25. The van der Waals surface area contributed by atoms with Gasteiger partial charge < -0.3 is 5.11 Å². The lowest BCUT2D eigenvalue weighted by Crippen LogP contribution is -2.32. The Morgan fingerprint density at radius 2 is 2.00 bits per heavy atom. The minimum Gasteiger partial charge on any atom is -0.481 e. The molecule has 0 radical (unpaired) electrons. The van der Waals surface area contributed by atoms with Crippen LogP contribution in [0.25, 0.3) is 0 Å². The summed E-state index contributed by atoms with van der Waals surface area (Å²) in [4.78, 5) is 19.7. The van der Waals surface area contributed by atoms with E-state index in [4.69, 9.17) is 0 Å². The first-order chi connectivity index (χ1) is 7.53. The smallest absolute Gasteiger partial charge is 0.315 e. The average molecular weight is 220 g/mol. The number of rotatable bonds is 2. The van der Waals surface area contributed by atoms with Crippen molar-refractivity contribution in [1.82, 2.24) is 9.97 Å². The van der Waals surface area contributed by atoms with Gasteiger partial charge in [0.25, 0.3) is 0 Å². The molecular formula is C12H16N2O2. The van der Waals surface area contributed by atoms with Gasteiger partial charge >= 0.3 is 5.97 Å². The van der Waals surface area contributed by atoms with E-state index in [1.54, 1.807) is 13.8 Å². The Morgan fingerprint density at radius 1 is 1.31 bits per heavy atom. The predicted octanol–water partition coefficient (Wildman–Crippen LogP) is 1.72. The molecule has 0 bridgehead atoms. The first-order valence-corrected chi connectivity index (χ1v) is 5.60. The van der Waals surface area contributed by atoms with Crippen molar-refractivity contribution in [3.63, 3.8) is 0 Å². The quantitative estimate of drug-likeness (QED) is 0.824. The van der Waals surface area contributed by atoms with Crippen LogP contribution in [0, 0.1) is 0 Å². The zero-order chi connectivity index (χ0) is 11.8. The highest BCUT2D eigenvalue weighted by atomic mass is 16.4. The molecule has 86 valence electrons. The first kappa shape index (κ1) is 11.0. The maximum absolute atomic E-state index is 11.2. The fraction of sp³-hybridized carbons (Fsp3) is 0.583. The van der Waals surface area contributed by atoms with Crippen molar-refractivity contribution in [1.29, 1.82) is 0 Å². The van der Waals surface area contributed by atoms with Crippen LogP contribution in [0.1, 0.15) is 43.6 Å². The van der Waals surface area contributed by atoms with Crippen LogP contribution in [0.4, 0.5) is 0 Å². The molecule has 2 rings (SSSR count). The van der Waals surface area contributed by atoms with Crippen molar-refractivity contribution >= 4 is 5.97 Å². The number of carbonyl (C=O) groups is 1. The Balaban J connectivity index is 2.53. The highest BCUT2D eigenvalue weighted by Crippen LogP contribution is 2.30. The zero-order valence-electron chi connectivity index (χ0n) is 9.66. The third-order valence-electron chi connectivity index (χ3n) is 3.25. The van der Waals surface area contributed by atoms with Crippen LogP contribution in [-0.2, 0) is 23.1 Å². The number of aryl methyl sites for hydroxylation is 1. The van der Waals surface area contributed by atoms with E-state index in [9.17, 15) is 9.90 Å². The summed E-state index contributed by atoms with van der Waals surface area (Å²) in [5.74, 6) is -0.834. The monoisotopic (exact) mass is 220 g/mol. The molecule has 0 saturated heterocycles. The van der Waals surface area contributed by atoms with Crippen LogP contribution in [0.2, 0.25) is 0 Å². The van der Waals surface area contributed by atoms with Crippen molar-refractivity contribution in [2.75, 3.05) is 0 Å². The number of aromatic nitrogens is 2. The van der Waals surface area contributed by atoms with Crippen molar-refractivity contribution in [2.24, 2.45) is 0 Å². The Labute approximate surface area is 94.7 Å². The van der Waals surface area contributed by atoms with E-state index in [0.29, 0.717) is 5.69 Å². The van der Waals surface area contributed by atoms with E-state index >= 15 is 0 Å². The van der Waals surface area contributed by atoms with E-state index in [1.165, 1.54) is 6.33 Å². The topological polar surface area (TPSA) is 63.1 Å². The van der Waals surface area contributed by atoms with Gasteiger partial charge in [-0.25, -0.2) is 9.97 Å².